The van der Waals surface area contributed by atoms with Gasteiger partial charge in [-0.05, 0) is 0 Å². The first kappa shape index (κ1) is 19.1. The van der Waals surface area contributed by atoms with Crippen molar-refractivity contribution in [3.63, 3.8) is 0 Å². The zero-order valence-corrected chi connectivity index (χ0v) is 19.7. The van der Waals surface area contributed by atoms with E-state index in [1.54, 1.807) is 11.1 Å². The Morgan fingerprint density at radius 2 is 1.11 bits per heavy atom. The maximum atomic E-state index is 2.61. The van der Waals surface area contributed by atoms with Crippen molar-refractivity contribution in [2.75, 3.05) is 0 Å². The molecule has 2 aliphatic rings. The summed E-state index contributed by atoms with van der Waals surface area (Å²) < 4.78 is 4.49. The zero-order valence-electron chi connectivity index (χ0n) is 16.8. The van der Waals surface area contributed by atoms with Crippen LogP contribution in [0.4, 0.5) is 0 Å². The Morgan fingerprint density at radius 3 is 1.56 bits per heavy atom. The van der Waals surface area contributed by atoms with E-state index < -0.39 is 18.4 Å². The monoisotopic (exact) mass is 464 g/mol. The predicted octanol–water partition coefficient (Wildman–Crippen LogP) is 7.74. The Hall–Kier alpha value is -1.28. The summed E-state index contributed by atoms with van der Waals surface area (Å²) in [6, 6.07) is 18.4. The normalized spacial score (nSPS) is 20.1. The fourth-order valence-corrected chi connectivity index (χ4v) is 24.4. The Bertz CT molecular complexity index is 773. The summed E-state index contributed by atoms with van der Waals surface area (Å²) >= 11 is -2.63. The van der Waals surface area contributed by atoms with Gasteiger partial charge < -0.3 is 0 Å². The maximum absolute atomic E-state index is 2.63. The summed E-state index contributed by atoms with van der Waals surface area (Å²) in [6.07, 6.45) is 15.5. The molecular formula is C26H32Sn. The van der Waals surface area contributed by atoms with E-state index in [1.165, 1.54) is 45.7 Å². The fraction of sp³-hybridized carbons (Fsp3) is 0.385. The number of allylic oxidation sites excluding steroid dienone is 2. The fourth-order valence-electron chi connectivity index (χ4n) is 5.45. The molecule has 0 amide bonds. The van der Waals surface area contributed by atoms with Gasteiger partial charge in [0.2, 0.25) is 0 Å². The molecule has 0 aliphatic heterocycles. The van der Waals surface area contributed by atoms with E-state index in [2.05, 4.69) is 86.7 Å². The van der Waals surface area contributed by atoms with Crippen LogP contribution in [-0.2, 0) is 0 Å². The molecule has 0 bridgehead atoms. The van der Waals surface area contributed by atoms with E-state index in [-0.39, 0.29) is 0 Å². The van der Waals surface area contributed by atoms with Crippen molar-refractivity contribution in [2.45, 2.75) is 56.3 Å². The van der Waals surface area contributed by atoms with E-state index in [0.29, 0.717) is 0 Å². The second kappa shape index (κ2) is 8.39. The molecule has 1 heteroatoms. The molecule has 0 aromatic heterocycles. The number of hydrogen-bond acceptors (Lipinski definition) is 0. The third kappa shape index (κ3) is 3.46. The van der Waals surface area contributed by atoms with Crippen LogP contribution in [0.2, 0.25) is 8.87 Å². The minimum atomic E-state index is -2.63. The number of hydrogen-bond donors (Lipinski definition) is 0. The van der Waals surface area contributed by atoms with Crippen LogP contribution in [-0.4, -0.2) is 18.4 Å². The van der Waals surface area contributed by atoms with Crippen LogP contribution < -0.4 is 0 Å². The first-order chi connectivity index (χ1) is 13.3. The second-order valence-corrected chi connectivity index (χ2v) is 21.8. The summed E-state index contributed by atoms with van der Waals surface area (Å²) in [5.74, 6) is 0. The van der Waals surface area contributed by atoms with Gasteiger partial charge in [-0.15, -0.1) is 0 Å². The Labute approximate surface area is 169 Å². The van der Waals surface area contributed by atoms with E-state index in [0.717, 1.165) is 7.87 Å². The molecule has 0 nitrogen and oxygen atoms in total. The molecule has 0 radical (unpaired) electrons. The first-order valence-electron chi connectivity index (χ1n) is 10.8. The van der Waals surface area contributed by atoms with Crippen LogP contribution in [0.1, 0.15) is 69.7 Å². The molecule has 0 saturated heterocycles. The summed E-state index contributed by atoms with van der Waals surface area (Å²) in [7, 11) is 0. The van der Waals surface area contributed by atoms with Crippen molar-refractivity contribution in [1.82, 2.24) is 0 Å². The van der Waals surface area contributed by atoms with Gasteiger partial charge in [0.15, 0.2) is 0 Å². The van der Waals surface area contributed by atoms with Crippen LogP contribution in [0.25, 0.3) is 12.2 Å². The van der Waals surface area contributed by atoms with Crippen molar-refractivity contribution in [2.24, 2.45) is 0 Å². The van der Waals surface area contributed by atoms with Gasteiger partial charge in [0.05, 0.1) is 0 Å². The third-order valence-electron chi connectivity index (χ3n) is 6.83. The van der Waals surface area contributed by atoms with Crippen LogP contribution >= 0.6 is 0 Å². The minimum absolute atomic E-state index is 0.731. The Balaban J connectivity index is 1.83. The molecule has 0 N–H and O–H groups in total. The van der Waals surface area contributed by atoms with Gasteiger partial charge in [0.1, 0.15) is 0 Å². The molecule has 2 unspecified atom stereocenters. The molecular weight excluding hydrogens is 431 g/mol. The van der Waals surface area contributed by atoms with Crippen molar-refractivity contribution in [3.8, 4) is 0 Å². The summed E-state index contributed by atoms with van der Waals surface area (Å²) in [6.45, 7) is 4.74. The molecule has 0 spiro atoms. The molecule has 2 atom stereocenters. The predicted molar refractivity (Wildman–Crippen MR) is 122 cm³/mol. The SMILES string of the molecule is CCC[CH2][Sn]([CH2]CCC)([CH]1C=Cc2ccccc21)[CH]1C=Cc2ccccc21. The summed E-state index contributed by atoms with van der Waals surface area (Å²) in [4.78, 5) is 0. The Morgan fingerprint density at radius 1 is 0.667 bits per heavy atom. The molecule has 0 saturated carbocycles. The molecule has 140 valence electrons. The Kier molecular flexibility index (Phi) is 5.92. The van der Waals surface area contributed by atoms with Crippen LogP contribution in [0.15, 0.2) is 60.7 Å². The van der Waals surface area contributed by atoms with Gasteiger partial charge >= 0.3 is 170 Å². The summed E-state index contributed by atoms with van der Waals surface area (Å²) in [5.41, 5.74) is 6.23. The average molecular weight is 463 g/mol. The van der Waals surface area contributed by atoms with E-state index in [9.17, 15) is 0 Å². The zero-order chi connectivity index (χ0) is 18.7. The molecule has 2 aliphatic carbocycles. The van der Waals surface area contributed by atoms with Crippen molar-refractivity contribution in [1.29, 1.82) is 0 Å². The third-order valence-corrected chi connectivity index (χ3v) is 24.1. The van der Waals surface area contributed by atoms with Gasteiger partial charge in [0.25, 0.3) is 0 Å². The molecule has 0 heterocycles. The average Bonchev–Trinajstić information content (AvgIpc) is 3.34. The molecule has 0 fully saturated rings. The van der Waals surface area contributed by atoms with Gasteiger partial charge in [-0.1, -0.05) is 0 Å². The topological polar surface area (TPSA) is 0 Å². The standard InChI is InChI=1S/2C9H7.2C4H9.Sn/c2*1-2-5-9-7-3-6-8(9)4-1;2*1-3-4-2;/h2*1-7H;2*1,3-4H2,2H3;. The molecule has 4 rings (SSSR count). The molecule has 2 aromatic rings. The van der Waals surface area contributed by atoms with Gasteiger partial charge in [-0.3, -0.25) is 0 Å². The van der Waals surface area contributed by atoms with Crippen molar-refractivity contribution < 1.29 is 0 Å². The summed E-state index contributed by atoms with van der Waals surface area (Å²) in [5, 5.41) is 0. The first-order valence-corrected chi connectivity index (χ1v) is 18.2. The van der Waals surface area contributed by atoms with Crippen LogP contribution in [0.3, 0.4) is 0 Å². The van der Waals surface area contributed by atoms with Crippen molar-refractivity contribution in [3.05, 3.63) is 82.9 Å². The number of benzene rings is 2. The van der Waals surface area contributed by atoms with Crippen LogP contribution in [0.5, 0.6) is 0 Å². The second-order valence-electron chi connectivity index (χ2n) is 8.37. The number of fused-ring (bicyclic) bond motifs is 2. The van der Waals surface area contributed by atoms with Crippen molar-refractivity contribution >= 4 is 30.5 Å². The van der Waals surface area contributed by atoms with Gasteiger partial charge in [-0.25, -0.2) is 0 Å². The van der Waals surface area contributed by atoms with E-state index in [1.807, 2.05) is 0 Å². The molecule has 2 aromatic carbocycles. The number of rotatable bonds is 8. The quantitative estimate of drug-likeness (QED) is 0.352. The molecule has 27 heavy (non-hydrogen) atoms. The number of unbranched alkanes of at least 4 members (excludes halogenated alkanes) is 2. The van der Waals surface area contributed by atoms with Gasteiger partial charge in [-0.2, -0.15) is 0 Å². The van der Waals surface area contributed by atoms with E-state index in [4.69, 9.17) is 0 Å². The van der Waals surface area contributed by atoms with Gasteiger partial charge in [0, 0.05) is 0 Å². The van der Waals surface area contributed by atoms with Crippen LogP contribution in [0, 0.1) is 0 Å². The van der Waals surface area contributed by atoms with E-state index >= 15 is 0 Å².